The van der Waals surface area contributed by atoms with Gasteiger partial charge in [0.05, 0.1) is 19.2 Å². The Morgan fingerprint density at radius 3 is 2.78 bits per heavy atom. The van der Waals surface area contributed by atoms with E-state index in [9.17, 15) is 9.59 Å². The summed E-state index contributed by atoms with van der Waals surface area (Å²) >= 11 is 0. The molecule has 1 aromatic rings. The third-order valence-electron chi connectivity index (χ3n) is 1.81. The van der Waals surface area contributed by atoms with E-state index in [0.717, 1.165) is 0 Å². The monoisotopic (exact) mass is 259 g/mol. The van der Waals surface area contributed by atoms with E-state index in [1.807, 2.05) is 0 Å². The highest BCUT2D eigenvalue weighted by Crippen LogP contribution is 2.04. The van der Waals surface area contributed by atoms with Gasteiger partial charge in [0.15, 0.2) is 5.82 Å². The second kappa shape index (κ2) is 6.51. The fourth-order valence-electron chi connectivity index (χ4n) is 0.946. The molecule has 10 heteroatoms. The van der Waals surface area contributed by atoms with Gasteiger partial charge >= 0.3 is 12.0 Å². The number of carboxylic acids is 1. The Bertz CT molecular complexity index is 420. The normalized spacial score (nSPS) is 11.9. The molecular weight excluding hydrogens is 246 g/mol. The fraction of sp³-hybridized carbons (Fsp3) is 0.500. The summed E-state index contributed by atoms with van der Waals surface area (Å²) in [5.41, 5.74) is 5.44. The molecule has 1 heterocycles. The van der Waals surface area contributed by atoms with E-state index >= 15 is 0 Å². The highest BCUT2D eigenvalue weighted by atomic mass is 16.5. The quantitative estimate of drug-likeness (QED) is 0.389. The largest absolute Gasteiger partial charge is 0.480 e. The molecule has 1 atom stereocenters. The molecular formula is C8H13N5O5. The predicted molar refractivity (Wildman–Crippen MR) is 56.2 cm³/mol. The number of nitrogens with one attached hydrogen (secondary N) is 2. The fourth-order valence-corrected chi connectivity index (χ4v) is 0.946. The number of amides is 2. The van der Waals surface area contributed by atoms with Gasteiger partial charge in [-0.3, -0.25) is 4.79 Å². The van der Waals surface area contributed by atoms with Gasteiger partial charge in [-0.2, -0.15) is 4.98 Å². The van der Waals surface area contributed by atoms with Crippen LogP contribution >= 0.6 is 0 Å². The summed E-state index contributed by atoms with van der Waals surface area (Å²) in [6, 6.07) is -1.42. The van der Waals surface area contributed by atoms with Gasteiger partial charge in [0.25, 0.3) is 0 Å². The number of aliphatic carboxylic acids is 1. The van der Waals surface area contributed by atoms with Crippen molar-refractivity contribution in [2.45, 2.75) is 12.6 Å². The lowest BCUT2D eigenvalue weighted by atomic mass is 10.3. The third kappa shape index (κ3) is 4.35. The van der Waals surface area contributed by atoms with E-state index in [1.54, 1.807) is 0 Å². The van der Waals surface area contributed by atoms with Crippen molar-refractivity contribution in [3.05, 3.63) is 11.7 Å². The van der Waals surface area contributed by atoms with Crippen LogP contribution in [0.1, 0.15) is 17.8 Å². The van der Waals surface area contributed by atoms with Crippen LogP contribution in [0.5, 0.6) is 0 Å². The Kier molecular flexibility index (Phi) is 5.02. The van der Waals surface area contributed by atoms with Gasteiger partial charge < -0.3 is 31.1 Å². The van der Waals surface area contributed by atoms with Crippen LogP contribution < -0.4 is 16.4 Å². The number of carboxylic acid groups (broad SMARTS) is 1. The summed E-state index contributed by atoms with van der Waals surface area (Å²) in [6.07, 6.45) is 0. The van der Waals surface area contributed by atoms with Crippen molar-refractivity contribution in [1.82, 2.24) is 20.8 Å². The number of carbonyl (C=O) groups excluding carboxylic acids is 1. The second-order valence-electron chi connectivity index (χ2n) is 3.27. The van der Waals surface area contributed by atoms with Crippen molar-refractivity contribution in [3.8, 4) is 0 Å². The zero-order valence-electron chi connectivity index (χ0n) is 9.29. The van der Waals surface area contributed by atoms with Crippen LogP contribution in [0.25, 0.3) is 0 Å². The number of aliphatic hydroxyl groups is 1. The van der Waals surface area contributed by atoms with Crippen LogP contribution in [0.2, 0.25) is 0 Å². The predicted octanol–water partition coefficient (Wildman–Crippen LogP) is -2.05. The lowest BCUT2D eigenvalue weighted by Gasteiger charge is -2.02. The van der Waals surface area contributed by atoms with Gasteiger partial charge in [0.2, 0.25) is 5.89 Å². The molecule has 0 aliphatic carbocycles. The summed E-state index contributed by atoms with van der Waals surface area (Å²) in [5, 5.41) is 25.0. The van der Waals surface area contributed by atoms with Gasteiger partial charge in [0, 0.05) is 0 Å². The first-order chi connectivity index (χ1) is 8.52. The Labute approximate surface area is 101 Å². The molecule has 6 N–H and O–H groups in total. The molecule has 10 nitrogen and oxygen atoms in total. The highest BCUT2D eigenvalue weighted by Gasteiger charge is 2.13. The highest BCUT2D eigenvalue weighted by molar-refractivity contribution is 5.79. The summed E-state index contributed by atoms with van der Waals surface area (Å²) in [7, 11) is 0. The zero-order valence-corrected chi connectivity index (χ0v) is 9.29. The minimum atomic E-state index is -1.15. The minimum Gasteiger partial charge on any atom is -0.480 e. The number of hydrogen-bond donors (Lipinski definition) is 5. The second-order valence-corrected chi connectivity index (χ2v) is 3.27. The average Bonchev–Trinajstić information content (AvgIpc) is 2.81. The first-order valence-electron chi connectivity index (χ1n) is 4.95. The molecule has 2 amide bonds. The molecule has 100 valence electrons. The third-order valence-corrected chi connectivity index (χ3v) is 1.81. The van der Waals surface area contributed by atoms with Gasteiger partial charge in [-0.15, -0.1) is 0 Å². The van der Waals surface area contributed by atoms with Gasteiger partial charge in [-0.05, 0) is 0 Å². The smallest absolute Gasteiger partial charge is 0.323 e. The first kappa shape index (κ1) is 13.9. The summed E-state index contributed by atoms with van der Waals surface area (Å²) in [6.45, 7) is -0.890. The number of aromatic nitrogens is 2. The Morgan fingerprint density at radius 2 is 2.17 bits per heavy atom. The van der Waals surface area contributed by atoms with E-state index in [0.29, 0.717) is 0 Å². The van der Waals surface area contributed by atoms with E-state index < -0.39 is 24.6 Å². The number of carbonyl (C=O) groups is 2. The first-order valence-corrected chi connectivity index (χ1v) is 4.95. The molecule has 0 aromatic carbocycles. The Morgan fingerprint density at radius 1 is 1.44 bits per heavy atom. The number of nitrogens with zero attached hydrogens (tertiary/aromatic N) is 2. The SMILES string of the molecule is NC(CO)c1noc(CNC(=O)NCC(=O)O)n1. The van der Waals surface area contributed by atoms with Crippen molar-refractivity contribution in [2.24, 2.45) is 5.73 Å². The molecule has 1 unspecified atom stereocenters. The molecule has 0 aliphatic rings. The molecule has 0 spiro atoms. The molecule has 0 bridgehead atoms. The molecule has 1 aromatic heterocycles. The zero-order chi connectivity index (χ0) is 13.5. The van der Waals surface area contributed by atoms with Crippen molar-refractivity contribution < 1.29 is 24.3 Å². The lowest BCUT2D eigenvalue weighted by Crippen LogP contribution is -2.38. The van der Waals surface area contributed by atoms with Crippen molar-refractivity contribution >= 4 is 12.0 Å². The van der Waals surface area contributed by atoms with Crippen LogP contribution in [-0.2, 0) is 11.3 Å². The number of urea groups is 1. The van der Waals surface area contributed by atoms with Crippen LogP contribution in [0, 0.1) is 0 Å². The van der Waals surface area contributed by atoms with Crippen LogP contribution in [0.3, 0.4) is 0 Å². The molecule has 0 aliphatic heterocycles. The van der Waals surface area contributed by atoms with Crippen molar-refractivity contribution in [2.75, 3.05) is 13.2 Å². The van der Waals surface area contributed by atoms with Gasteiger partial charge in [0.1, 0.15) is 6.54 Å². The maximum atomic E-state index is 11.1. The summed E-state index contributed by atoms with van der Waals surface area (Å²) in [4.78, 5) is 25.1. The Balaban J connectivity index is 2.37. The average molecular weight is 259 g/mol. The maximum Gasteiger partial charge on any atom is 0.323 e. The molecule has 0 saturated heterocycles. The van der Waals surface area contributed by atoms with Gasteiger partial charge in [-0.1, -0.05) is 5.16 Å². The lowest BCUT2D eigenvalue weighted by molar-refractivity contribution is -0.135. The van der Waals surface area contributed by atoms with Crippen LogP contribution in [0.15, 0.2) is 4.52 Å². The van der Waals surface area contributed by atoms with Crippen molar-refractivity contribution in [3.63, 3.8) is 0 Å². The van der Waals surface area contributed by atoms with Gasteiger partial charge in [-0.25, -0.2) is 4.79 Å². The summed E-state index contributed by atoms with van der Waals surface area (Å²) in [5.74, 6) is -0.932. The van der Waals surface area contributed by atoms with Crippen LogP contribution in [-0.4, -0.2) is 45.5 Å². The molecule has 0 radical (unpaired) electrons. The number of hydrogen-bond acceptors (Lipinski definition) is 7. The van der Waals surface area contributed by atoms with E-state index in [1.165, 1.54) is 0 Å². The molecule has 0 saturated carbocycles. The topological polar surface area (TPSA) is 164 Å². The number of aliphatic hydroxyl groups excluding tert-OH is 1. The molecule has 18 heavy (non-hydrogen) atoms. The van der Waals surface area contributed by atoms with Crippen molar-refractivity contribution in [1.29, 1.82) is 0 Å². The number of nitrogens with two attached hydrogens (primary N) is 1. The van der Waals surface area contributed by atoms with E-state index in [-0.39, 0.29) is 24.9 Å². The Hall–Kier alpha value is -2.20. The minimum absolute atomic E-state index is 0.0728. The molecule has 1 rings (SSSR count). The standard InChI is InChI=1S/C8H13N5O5/c9-4(3-14)7-12-5(18-13-7)1-10-8(17)11-2-6(15)16/h4,14H,1-3,9H2,(H,15,16)(H2,10,11,17). The number of rotatable bonds is 6. The van der Waals surface area contributed by atoms with E-state index in [2.05, 4.69) is 20.8 Å². The van der Waals surface area contributed by atoms with E-state index in [4.69, 9.17) is 20.5 Å². The summed E-state index contributed by atoms with van der Waals surface area (Å²) < 4.78 is 4.75. The van der Waals surface area contributed by atoms with Crippen LogP contribution in [0.4, 0.5) is 4.79 Å². The maximum absolute atomic E-state index is 11.1. The molecule has 0 fully saturated rings.